The van der Waals surface area contributed by atoms with E-state index in [1.54, 1.807) is 0 Å². The van der Waals surface area contributed by atoms with E-state index in [2.05, 4.69) is 17.6 Å². The lowest BCUT2D eigenvalue weighted by molar-refractivity contribution is -0.125. The highest BCUT2D eigenvalue weighted by Crippen LogP contribution is 2.26. The molecule has 2 aliphatic rings. The van der Waals surface area contributed by atoms with E-state index in [0.717, 1.165) is 13.0 Å². The molecule has 0 aromatic heterocycles. The second-order valence-electron chi connectivity index (χ2n) is 4.67. The van der Waals surface area contributed by atoms with E-state index in [0.29, 0.717) is 12.0 Å². The minimum Gasteiger partial charge on any atom is -0.352 e. The Morgan fingerprint density at radius 2 is 2.14 bits per heavy atom. The summed E-state index contributed by atoms with van der Waals surface area (Å²) in [5.74, 6) is 0.906. The van der Waals surface area contributed by atoms with Crippen LogP contribution in [0, 0.1) is 5.92 Å². The van der Waals surface area contributed by atoms with E-state index in [4.69, 9.17) is 0 Å². The lowest BCUT2D eigenvalue weighted by Crippen LogP contribution is -2.53. The predicted octanol–water partition coefficient (Wildman–Crippen LogP) is 1.04. The molecule has 80 valence electrons. The largest absolute Gasteiger partial charge is 0.352 e. The van der Waals surface area contributed by atoms with Crippen molar-refractivity contribution >= 4 is 5.91 Å². The van der Waals surface area contributed by atoms with Crippen molar-refractivity contribution in [2.24, 2.45) is 5.92 Å². The number of piperidine rings is 1. The molecule has 2 N–H and O–H groups in total. The summed E-state index contributed by atoms with van der Waals surface area (Å²) in [6.07, 6.45) is 5.84. The standard InChI is InChI=1S/C11H20N2O/c1-8-5-6-9(8)13-11(14)10-4-2-3-7-12-10/h8-10,12H,2-7H2,1H3,(H,13,14)/t8?,9?,10-/m1/s1. The molecule has 1 heterocycles. The summed E-state index contributed by atoms with van der Waals surface area (Å²) in [7, 11) is 0. The quantitative estimate of drug-likeness (QED) is 0.693. The SMILES string of the molecule is CC1CCC1NC(=O)[C@H]1CCCCN1. The molecular weight excluding hydrogens is 176 g/mol. The Balaban J connectivity index is 1.76. The van der Waals surface area contributed by atoms with Crippen molar-refractivity contribution in [1.29, 1.82) is 0 Å². The van der Waals surface area contributed by atoms with Gasteiger partial charge in [0.2, 0.25) is 5.91 Å². The number of hydrogen-bond donors (Lipinski definition) is 2. The second-order valence-corrected chi connectivity index (χ2v) is 4.67. The Hall–Kier alpha value is -0.570. The van der Waals surface area contributed by atoms with Gasteiger partial charge in [0, 0.05) is 6.04 Å². The van der Waals surface area contributed by atoms with Gasteiger partial charge < -0.3 is 10.6 Å². The molecule has 14 heavy (non-hydrogen) atoms. The zero-order valence-corrected chi connectivity index (χ0v) is 8.88. The van der Waals surface area contributed by atoms with Crippen LogP contribution in [0.3, 0.4) is 0 Å². The van der Waals surface area contributed by atoms with Crippen molar-refractivity contribution in [3.05, 3.63) is 0 Å². The molecule has 0 aromatic carbocycles. The van der Waals surface area contributed by atoms with Crippen molar-refractivity contribution in [2.45, 2.75) is 51.1 Å². The highest BCUT2D eigenvalue weighted by Gasteiger charge is 2.30. The number of carbonyl (C=O) groups is 1. The monoisotopic (exact) mass is 196 g/mol. The molecule has 1 saturated carbocycles. The third-order valence-electron chi connectivity index (χ3n) is 3.57. The van der Waals surface area contributed by atoms with Crippen LogP contribution >= 0.6 is 0 Å². The highest BCUT2D eigenvalue weighted by molar-refractivity contribution is 5.82. The maximum atomic E-state index is 11.8. The molecule has 0 radical (unpaired) electrons. The molecule has 1 amide bonds. The summed E-state index contributed by atoms with van der Waals surface area (Å²) in [4.78, 5) is 11.8. The van der Waals surface area contributed by atoms with Crippen LogP contribution < -0.4 is 10.6 Å². The molecule has 2 rings (SSSR count). The summed E-state index contributed by atoms with van der Waals surface area (Å²) in [6, 6.07) is 0.530. The van der Waals surface area contributed by atoms with E-state index < -0.39 is 0 Å². The van der Waals surface area contributed by atoms with Gasteiger partial charge in [-0.2, -0.15) is 0 Å². The summed E-state index contributed by atoms with van der Waals surface area (Å²) in [6.45, 7) is 3.21. The summed E-state index contributed by atoms with van der Waals surface area (Å²) < 4.78 is 0. The Morgan fingerprint density at radius 1 is 1.29 bits per heavy atom. The Kier molecular flexibility index (Phi) is 3.06. The minimum atomic E-state index is 0.0801. The van der Waals surface area contributed by atoms with Crippen LogP contribution in [-0.2, 0) is 4.79 Å². The molecule has 3 nitrogen and oxygen atoms in total. The first-order valence-corrected chi connectivity index (χ1v) is 5.81. The number of carbonyl (C=O) groups excluding carboxylic acids is 1. The van der Waals surface area contributed by atoms with Gasteiger partial charge in [0.15, 0.2) is 0 Å². The summed E-state index contributed by atoms with van der Waals surface area (Å²) in [5.41, 5.74) is 0. The van der Waals surface area contributed by atoms with Crippen molar-refractivity contribution in [2.75, 3.05) is 6.54 Å². The second kappa shape index (κ2) is 4.30. The Labute approximate surface area is 85.6 Å². The fourth-order valence-electron chi connectivity index (χ4n) is 2.24. The van der Waals surface area contributed by atoms with Gasteiger partial charge in [-0.05, 0) is 38.1 Å². The van der Waals surface area contributed by atoms with Crippen molar-refractivity contribution in [3.63, 3.8) is 0 Å². The molecule has 3 atom stereocenters. The first-order chi connectivity index (χ1) is 6.77. The average molecular weight is 196 g/mol. The first-order valence-electron chi connectivity index (χ1n) is 5.81. The van der Waals surface area contributed by atoms with E-state index in [9.17, 15) is 4.79 Å². The molecule has 3 heteroatoms. The molecule has 1 aliphatic carbocycles. The third-order valence-corrected chi connectivity index (χ3v) is 3.57. The molecule has 0 spiro atoms. The zero-order chi connectivity index (χ0) is 9.97. The average Bonchev–Trinajstić information content (AvgIpc) is 2.24. The summed E-state index contributed by atoms with van der Waals surface area (Å²) in [5, 5.41) is 6.41. The predicted molar refractivity (Wildman–Crippen MR) is 56.0 cm³/mol. The molecule has 1 saturated heterocycles. The van der Waals surface area contributed by atoms with Gasteiger partial charge in [-0.1, -0.05) is 13.3 Å². The lowest BCUT2D eigenvalue weighted by atomic mass is 9.81. The maximum absolute atomic E-state index is 11.8. The lowest BCUT2D eigenvalue weighted by Gasteiger charge is -2.36. The van der Waals surface area contributed by atoms with Crippen molar-refractivity contribution < 1.29 is 4.79 Å². The molecule has 1 aliphatic heterocycles. The topological polar surface area (TPSA) is 41.1 Å². The normalized spacial score (nSPS) is 37.4. The van der Waals surface area contributed by atoms with Gasteiger partial charge in [-0.15, -0.1) is 0 Å². The van der Waals surface area contributed by atoms with Gasteiger partial charge in [0.05, 0.1) is 6.04 Å². The van der Waals surface area contributed by atoms with Crippen LogP contribution in [0.1, 0.15) is 39.0 Å². The van der Waals surface area contributed by atoms with Gasteiger partial charge in [-0.3, -0.25) is 4.79 Å². The van der Waals surface area contributed by atoms with Crippen LogP contribution in [0.25, 0.3) is 0 Å². The van der Waals surface area contributed by atoms with E-state index in [1.165, 1.54) is 25.7 Å². The number of rotatable bonds is 2. The van der Waals surface area contributed by atoms with E-state index in [1.807, 2.05) is 0 Å². The smallest absolute Gasteiger partial charge is 0.237 e. The van der Waals surface area contributed by atoms with E-state index in [-0.39, 0.29) is 11.9 Å². The highest BCUT2D eigenvalue weighted by atomic mass is 16.2. The fraction of sp³-hybridized carbons (Fsp3) is 0.909. The van der Waals surface area contributed by atoms with Crippen LogP contribution in [0.2, 0.25) is 0 Å². The zero-order valence-electron chi connectivity index (χ0n) is 8.88. The number of hydrogen-bond acceptors (Lipinski definition) is 2. The van der Waals surface area contributed by atoms with Crippen molar-refractivity contribution in [3.8, 4) is 0 Å². The van der Waals surface area contributed by atoms with Crippen LogP contribution in [-0.4, -0.2) is 24.5 Å². The first kappa shape index (κ1) is 9.97. The molecule has 2 unspecified atom stereocenters. The molecule has 0 aromatic rings. The van der Waals surface area contributed by atoms with Gasteiger partial charge in [0.1, 0.15) is 0 Å². The van der Waals surface area contributed by atoms with Crippen LogP contribution in [0.4, 0.5) is 0 Å². The van der Waals surface area contributed by atoms with Gasteiger partial charge >= 0.3 is 0 Å². The molecule has 0 bridgehead atoms. The van der Waals surface area contributed by atoms with Gasteiger partial charge in [0.25, 0.3) is 0 Å². The van der Waals surface area contributed by atoms with Crippen molar-refractivity contribution in [1.82, 2.24) is 10.6 Å². The molecular formula is C11H20N2O. The summed E-state index contributed by atoms with van der Waals surface area (Å²) >= 11 is 0. The van der Waals surface area contributed by atoms with Gasteiger partial charge in [-0.25, -0.2) is 0 Å². The fourth-order valence-corrected chi connectivity index (χ4v) is 2.24. The Bertz CT molecular complexity index is 211. The third kappa shape index (κ3) is 2.08. The van der Waals surface area contributed by atoms with E-state index >= 15 is 0 Å². The van der Waals surface area contributed by atoms with Crippen LogP contribution in [0.5, 0.6) is 0 Å². The van der Waals surface area contributed by atoms with Crippen LogP contribution in [0.15, 0.2) is 0 Å². The Morgan fingerprint density at radius 3 is 2.64 bits per heavy atom. The number of amides is 1. The number of nitrogens with one attached hydrogen (secondary N) is 2. The molecule has 2 fully saturated rings. The minimum absolute atomic E-state index is 0.0801. The maximum Gasteiger partial charge on any atom is 0.237 e.